The van der Waals surface area contributed by atoms with Crippen LogP contribution in [0.2, 0.25) is 0 Å². The summed E-state index contributed by atoms with van der Waals surface area (Å²) in [4.78, 5) is 0. The van der Waals surface area contributed by atoms with Gasteiger partial charge in [0.1, 0.15) is 5.82 Å². The van der Waals surface area contributed by atoms with Crippen molar-refractivity contribution in [2.45, 2.75) is 51.9 Å². The van der Waals surface area contributed by atoms with Crippen LogP contribution in [0.4, 0.5) is 4.39 Å². The molecule has 0 nitrogen and oxygen atoms in total. The van der Waals surface area contributed by atoms with E-state index in [2.05, 4.69) is 62.4 Å². The van der Waals surface area contributed by atoms with Crippen LogP contribution >= 0.6 is 0 Å². The Kier molecular flexibility index (Phi) is 5.62. The first-order valence-corrected chi connectivity index (χ1v) is 10.6. The van der Waals surface area contributed by atoms with Crippen LogP contribution in [0.5, 0.6) is 0 Å². The minimum absolute atomic E-state index is 0.156. The second kappa shape index (κ2) is 8.31. The molecule has 0 saturated heterocycles. The van der Waals surface area contributed by atoms with E-state index in [1.165, 1.54) is 36.8 Å². The molecule has 0 aliphatic heterocycles. The normalized spacial score (nSPS) is 19.5. The minimum atomic E-state index is -0.156. The highest BCUT2D eigenvalue weighted by Crippen LogP contribution is 2.36. The molecule has 1 heteroatoms. The Hall–Kier alpha value is -2.41. The summed E-state index contributed by atoms with van der Waals surface area (Å²) >= 11 is 0. The van der Waals surface area contributed by atoms with E-state index in [-0.39, 0.29) is 5.82 Å². The summed E-state index contributed by atoms with van der Waals surface area (Å²) in [7, 11) is 0. The maximum atomic E-state index is 14.9. The average molecular weight is 373 g/mol. The van der Waals surface area contributed by atoms with Gasteiger partial charge in [0.25, 0.3) is 0 Å². The fourth-order valence-electron chi connectivity index (χ4n) is 4.39. The number of halogens is 1. The number of rotatable bonds is 4. The summed E-state index contributed by atoms with van der Waals surface area (Å²) in [5.41, 5.74) is 6.33. The molecule has 1 aliphatic carbocycles. The van der Waals surface area contributed by atoms with Crippen molar-refractivity contribution in [1.29, 1.82) is 0 Å². The molecule has 0 amide bonds. The first kappa shape index (κ1) is 18.9. The highest BCUT2D eigenvalue weighted by atomic mass is 19.1. The maximum Gasteiger partial charge on any atom is 0.131 e. The van der Waals surface area contributed by atoms with Gasteiger partial charge in [-0.3, -0.25) is 0 Å². The van der Waals surface area contributed by atoms with Gasteiger partial charge >= 0.3 is 0 Å². The summed E-state index contributed by atoms with van der Waals surface area (Å²) in [5, 5.41) is 0. The molecule has 0 unspecified atom stereocenters. The van der Waals surface area contributed by atoms with Crippen LogP contribution < -0.4 is 0 Å². The lowest BCUT2D eigenvalue weighted by molar-refractivity contribution is 0.348. The SMILES string of the molecule is CCc1ccc(-c2ccc(-c3ccc(C4CCC(C)CC4)cc3)c(F)c2)cc1. The molecule has 3 aromatic carbocycles. The van der Waals surface area contributed by atoms with Crippen LogP contribution in [0, 0.1) is 11.7 Å². The van der Waals surface area contributed by atoms with Gasteiger partial charge in [0.15, 0.2) is 0 Å². The molecule has 1 saturated carbocycles. The van der Waals surface area contributed by atoms with E-state index >= 15 is 0 Å². The monoisotopic (exact) mass is 372 g/mol. The quantitative estimate of drug-likeness (QED) is 0.435. The maximum absolute atomic E-state index is 14.9. The highest BCUT2D eigenvalue weighted by molar-refractivity contribution is 5.71. The van der Waals surface area contributed by atoms with Crippen molar-refractivity contribution >= 4 is 0 Å². The summed E-state index contributed by atoms with van der Waals surface area (Å²) < 4.78 is 14.9. The second-order valence-corrected chi connectivity index (χ2v) is 8.32. The van der Waals surface area contributed by atoms with Gasteiger partial charge in [0, 0.05) is 5.56 Å². The molecule has 0 heterocycles. The Morgan fingerprint density at radius 1 is 0.750 bits per heavy atom. The summed E-state index contributed by atoms with van der Waals surface area (Å²) in [6.07, 6.45) is 6.22. The molecule has 144 valence electrons. The molecule has 0 spiro atoms. The van der Waals surface area contributed by atoms with Crippen molar-refractivity contribution in [3.63, 3.8) is 0 Å². The Bertz CT molecular complexity index is 913. The van der Waals surface area contributed by atoms with Gasteiger partial charge < -0.3 is 0 Å². The predicted octanol–water partition coefficient (Wildman–Crippen LogP) is 8.02. The fourth-order valence-corrected chi connectivity index (χ4v) is 4.39. The smallest absolute Gasteiger partial charge is 0.131 e. The van der Waals surface area contributed by atoms with E-state index < -0.39 is 0 Å². The molecule has 1 aliphatic rings. The molecule has 1 fully saturated rings. The third kappa shape index (κ3) is 4.04. The zero-order chi connectivity index (χ0) is 19.5. The number of hydrogen-bond donors (Lipinski definition) is 0. The molecule has 0 bridgehead atoms. The van der Waals surface area contributed by atoms with E-state index in [4.69, 9.17) is 0 Å². The lowest BCUT2D eigenvalue weighted by Gasteiger charge is -2.26. The van der Waals surface area contributed by atoms with Crippen LogP contribution in [0.25, 0.3) is 22.3 Å². The van der Waals surface area contributed by atoms with E-state index in [0.29, 0.717) is 11.5 Å². The Balaban J connectivity index is 1.54. The summed E-state index contributed by atoms with van der Waals surface area (Å²) in [6, 6.07) is 22.6. The minimum Gasteiger partial charge on any atom is -0.206 e. The van der Waals surface area contributed by atoms with Gasteiger partial charge in [-0.25, -0.2) is 4.39 Å². The molecule has 0 radical (unpaired) electrons. The number of hydrogen-bond acceptors (Lipinski definition) is 0. The average Bonchev–Trinajstić information content (AvgIpc) is 2.74. The summed E-state index contributed by atoms with van der Waals surface area (Å²) in [5.74, 6) is 1.38. The first-order chi connectivity index (χ1) is 13.6. The molecular formula is C27H29F. The van der Waals surface area contributed by atoms with Crippen LogP contribution in [-0.2, 0) is 6.42 Å². The lowest BCUT2D eigenvalue weighted by atomic mass is 9.79. The zero-order valence-corrected chi connectivity index (χ0v) is 16.9. The lowest BCUT2D eigenvalue weighted by Crippen LogP contribution is -2.10. The second-order valence-electron chi connectivity index (χ2n) is 8.32. The fraction of sp³-hybridized carbons (Fsp3) is 0.333. The van der Waals surface area contributed by atoms with Crippen molar-refractivity contribution in [2.24, 2.45) is 5.92 Å². The van der Waals surface area contributed by atoms with Gasteiger partial charge in [-0.2, -0.15) is 0 Å². The van der Waals surface area contributed by atoms with Gasteiger partial charge in [0.2, 0.25) is 0 Å². The van der Waals surface area contributed by atoms with Crippen molar-refractivity contribution < 1.29 is 4.39 Å². The predicted molar refractivity (Wildman–Crippen MR) is 117 cm³/mol. The van der Waals surface area contributed by atoms with Gasteiger partial charge in [-0.1, -0.05) is 87.4 Å². The number of benzene rings is 3. The van der Waals surface area contributed by atoms with Crippen molar-refractivity contribution in [1.82, 2.24) is 0 Å². The molecule has 3 aromatic rings. The standard InChI is InChI=1S/C27H29F/c1-3-20-6-10-23(11-7-20)25-16-17-26(27(28)18-25)24-14-12-22(13-15-24)21-8-4-19(2)5-9-21/h6-7,10-19,21H,3-5,8-9H2,1-2H3. The number of aryl methyl sites for hydroxylation is 1. The molecule has 28 heavy (non-hydrogen) atoms. The zero-order valence-electron chi connectivity index (χ0n) is 16.9. The van der Waals surface area contributed by atoms with Crippen molar-refractivity contribution in [3.8, 4) is 22.3 Å². The molecule has 0 N–H and O–H groups in total. The molecular weight excluding hydrogens is 343 g/mol. The van der Waals surface area contributed by atoms with Crippen LogP contribution in [0.15, 0.2) is 66.7 Å². The summed E-state index contributed by atoms with van der Waals surface area (Å²) in [6.45, 7) is 4.49. The molecule has 0 atom stereocenters. The van der Waals surface area contributed by atoms with E-state index in [0.717, 1.165) is 29.0 Å². The topological polar surface area (TPSA) is 0 Å². The molecule has 0 aromatic heterocycles. The largest absolute Gasteiger partial charge is 0.206 e. The van der Waals surface area contributed by atoms with E-state index in [1.54, 1.807) is 6.07 Å². The van der Waals surface area contributed by atoms with Gasteiger partial charge in [-0.05, 0) is 65.0 Å². The molecule has 4 rings (SSSR count). The Morgan fingerprint density at radius 3 is 1.96 bits per heavy atom. The first-order valence-electron chi connectivity index (χ1n) is 10.6. The van der Waals surface area contributed by atoms with Gasteiger partial charge in [0.05, 0.1) is 0 Å². The van der Waals surface area contributed by atoms with E-state index in [9.17, 15) is 4.39 Å². The third-order valence-electron chi connectivity index (χ3n) is 6.37. The van der Waals surface area contributed by atoms with E-state index in [1.807, 2.05) is 12.1 Å². The highest BCUT2D eigenvalue weighted by Gasteiger charge is 2.19. The Morgan fingerprint density at radius 2 is 1.36 bits per heavy atom. The van der Waals surface area contributed by atoms with Crippen LogP contribution in [0.3, 0.4) is 0 Å². The third-order valence-corrected chi connectivity index (χ3v) is 6.37. The van der Waals surface area contributed by atoms with Crippen molar-refractivity contribution in [3.05, 3.63) is 83.7 Å². The van der Waals surface area contributed by atoms with Crippen LogP contribution in [-0.4, -0.2) is 0 Å². The van der Waals surface area contributed by atoms with Crippen LogP contribution in [0.1, 0.15) is 56.6 Å². The van der Waals surface area contributed by atoms with Crippen molar-refractivity contribution in [2.75, 3.05) is 0 Å². The Labute approximate surface area is 168 Å². The van der Waals surface area contributed by atoms with Gasteiger partial charge in [-0.15, -0.1) is 0 Å².